The van der Waals surface area contributed by atoms with Gasteiger partial charge in [-0.25, -0.2) is 4.98 Å². The Balaban J connectivity index is 1.79. The molecule has 0 spiro atoms. The number of halogens is 3. The number of hydrogen-bond acceptors (Lipinski definition) is 4. The normalized spacial score (nSPS) is 11.5. The molecule has 0 amide bonds. The highest BCUT2D eigenvalue weighted by Crippen LogP contribution is 2.26. The van der Waals surface area contributed by atoms with E-state index in [9.17, 15) is 18.0 Å². The van der Waals surface area contributed by atoms with Gasteiger partial charge in [-0.3, -0.25) is 4.79 Å². The van der Waals surface area contributed by atoms with Crippen molar-refractivity contribution in [3.8, 4) is 0 Å². The van der Waals surface area contributed by atoms with Gasteiger partial charge in [0, 0.05) is 17.3 Å². The van der Waals surface area contributed by atoms with E-state index in [1.807, 2.05) is 30.3 Å². The number of nitrogens with one attached hydrogen (secondary N) is 1. The third-order valence-electron chi connectivity index (χ3n) is 3.23. The molecule has 0 fully saturated rings. The SMILES string of the molecule is O=c1c(C(F)(F)F)cccn1Cc1csc(Nc2ccccc2)n1. The lowest BCUT2D eigenvalue weighted by atomic mass is 10.2. The molecule has 0 unspecified atom stereocenters. The molecule has 0 aliphatic carbocycles. The molecule has 0 bridgehead atoms. The number of thiazole rings is 1. The molecular weight excluding hydrogens is 339 g/mol. The summed E-state index contributed by atoms with van der Waals surface area (Å²) in [4.78, 5) is 16.2. The summed E-state index contributed by atoms with van der Waals surface area (Å²) in [5.41, 5.74) is -0.882. The fraction of sp³-hybridized carbons (Fsp3) is 0.125. The zero-order valence-electron chi connectivity index (χ0n) is 12.2. The molecule has 4 nitrogen and oxygen atoms in total. The first-order chi connectivity index (χ1) is 11.4. The molecular formula is C16H12F3N3OS. The molecule has 1 N–H and O–H groups in total. The van der Waals surface area contributed by atoms with E-state index in [1.165, 1.54) is 23.6 Å². The van der Waals surface area contributed by atoms with Crippen LogP contribution < -0.4 is 10.9 Å². The Morgan fingerprint density at radius 2 is 1.88 bits per heavy atom. The molecule has 0 atom stereocenters. The second-order valence-electron chi connectivity index (χ2n) is 4.99. The summed E-state index contributed by atoms with van der Waals surface area (Å²) in [6.07, 6.45) is -3.34. The van der Waals surface area contributed by atoms with Crippen molar-refractivity contribution in [1.29, 1.82) is 0 Å². The van der Waals surface area contributed by atoms with Crippen LogP contribution in [0.4, 0.5) is 24.0 Å². The van der Waals surface area contributed by atoms with Gasteiger partial charge >= 0.3 is 6.18 Å². The molecule has 1 aromatic carbocycles. The first kappa shape index (κ1) is 16.3. The van der Waals surface area contributed by atoms with Crippen molar-refractivity contribution < 1.29 is 13.2 Å². The highest BCUT2D eigenvalue weighted by molar-refractivity contribution is 7.13. The van der Waals surface area contributed by atoms with E-state index in [4.69, 9.17) is 0 Å². The van der Waals surface area contributed by atoms with Gasteiger partial charge in [-0.1, -0.05) is 18.2 Å². The lowest BCUT2D eigenvalue weighted by molar-refractivity contribution is -0.138. The number of para-hydroxylation sites is 1. The minimum Gasteiger partial charge on any atom is -0.332 e. The smallest absolute Gasteiger partial charge is 0.332 e. The van der Waals surface area contributed by atoms with E-state index in [2.05, 4.69) is 10.3 Å². The van der Waals surface area contributed by atoms with Gasteiger partial charge in [0.1, 0.15) is 5.56 Å². The number of benzene rings is 1. The second-order valence-corrected chi connectivity index (χ2v) is 5.85. The van der Waals surface area contributed by atoms with Gasteiger partial charge in [-0.2, -0.15) is 13.2 Å². The molecule has 0 saturated carbocycles. The first-order valence-electron chi connectivity index (χ1n) is 6.96. The van der Waals surface area contributed by atoms with Crippen LogP contribution in [0.3, 0.4) is 0 Å². The van der Waals surface area contributed by atoms with Crippen LogP contribution in [0.1, 0.15) is 11.3 Å². The van der Waals surface area contributed by atoms with E-state index in [0.717, 1.165) is 16.3 Å². The molecule has 3 rings (SSSR count). The Hall–Kier alpha value is -2.61. The lowest BCUT2D eigenvalue weighted by Gasteiger charge is -2.09. The minimum atomic E-state index is -4.66. The molecule has 0 saturated heterocycles. The first-order valence-corrected chi connectivity index (χ1v) is 7.84. The van der Waals surface area contributed by atoms with Crippen molar-refractivity contribution in [2.45, 2.75) is 12.7 Å². The van der Waals surface area contributed by atoms with Crippen LogP contribution in [0.15, 0.2) is 58.8 Å². The molecule has 3 aromatic rings. The molecule has 24 heavy (non-hydrogen) atoms. The van der Waals surface area contributed by atoms with Crippen LogP contribution in [0, 0.1) is 0 Å². The van der Waals surface area contributed by atoms with E-state index >= 15 is 0 Å². The van der Waals surface area contributed by atoms with Crippen molar-refractivity contribution in [2.24, 2.45) is 0 Å². The summed E-state index contributed by atoms with van der Waals surface area (Å²) in [6, 6.07) is 11.4. The number of pyridine rings is 1. The Labute approximate surface area is 139 Å². The standard InChI is InChI=1S/C16H12F3N3OS/c17-16(18,19)13-7-4-8-22(14(13)23)9-12-10-24-15(21-12)20-11-5-2-1-3-6-11/h1-8,10H,9H2,(H,20,21). The van der Waals surface area contributed by atoms with Gasteiger partial charge in [0.25, 0.3) is 5.56 Å². The fourth-order valence-electron chi connectivity index (χ4n) is 2.13. The molecule has 8 heteroatoms. The molecule has 2 heterocycles. The summed E-state index contributed by atoms with van der Waals surface area (Å²) < 4.78 is 39.3. The maximum atomic E-state index is 12.8. The third kappa shape index (κ3) is 3.65. The van der Waals surface area contributed by atoms with Crippen molar-refractivity contribution in [3.05, 3.63) is 75.7 Å². The Bertz CT molecular complexity index is 887. The topological polar surface area (TPSA) is 46.9 Å². The monoisotopic (exact) mass is 351 g/mol. The number of rotatable bonds is 4. The van der Waals surface area contributed by atoms with Gasteiger partial charge in [0.05, 0.1) is 12.2 Å². The second kappa shape index (κ2) is 6.48. The maximum absolute atomic E-state index is 12.8. The Kier molecular flexibility index (Phi) is 4.39. The third-order valence-corrected chi connectivity index (χ3v) is 4.04. The molecule has 0 radical (unpaired) electrons. The van der Waals surface area contributed by atoms with Crippen LogP contribution in [-0.4, -0.2) is 9.55 Å². The fourth-order valence-corrected chi connectivity index (χ4v) is 2.86. The van der Waals surface area contributed by atoms with Gasteiger partial charge in [0.2, 0.25) is 0 Å². The predicted octanol–water partition coefficient (Wildman–Crippen LogP) is 4.12. The lowest BCUT2D eigenvalue weighted by Crippen LogP contribution is -2.28. The largest absolute Gasteiger partial charge is 0.421 e. The van der Waals surface area contributed by atoms with Crippen molar-refractivity contribution in [2.75, 3.05) is 5.32 Å². The number of aromatic nitrogens is 2. The summed E-state index contributed by atoms with van der Waals surface area (Å²) in [6.45, 7) is -0.0181. The van der Waals surface area contributed by atoms with Crippen LogP contribution >= 0.6 is 11.3 Å². The number of nitrogens with zero attached hydrogens (tertiary/aromatic N) is 2. The number of anilines is 2. The van der Waals surface area contributed by atoms with Crippen LogP contribution in [0.25, 0.3) is 0 Å². The number of hydrogen-bond donors (Lipinski definition) is 1. The van der Waals surface area contributed by atoms with Gasteiger partial charge < -0.3 is 9.88 Å². The highest BCUT2D eigenvalue weighted by Gasteiger charge is 2.34. The van der Waals surface area contributed by atoms with Gasteiger partial charge in [-0.15, -0.1) is 11.3 Å². The summed E-state index contributed by atoms with van der Waals surface area (Å²) in [5, 5.41) is 5.41. The van der Waals surface area contributed by atoms with Crippen molar-refractivity contribution in [3.63, 3.8) is 0 Å². The van der Waals surface area contributed by atoms with Crippen molar-refractivity contribution >= 4 is 22.2 Å². The van der Waals surface area contributed by atoms with E-state index < -0.39 is 17.3 Å². The molecule has 124 valence electrons. The summed E-state index contributed by atoms with van der Waals surface area (Å²) in [5.74, 6) is 0. The average Bonchev–Trinajstić information content (AvgIpc) is 2.96. The van der Waals surface area contributed by atoms with Crippen LogP contribution in [0.2, 0.25) is 0 Å². The zero-order valence-corrected chi connectivity index (χ0v) is 13.1. The zero-order chi connectivity index (χ0) is 17.2. The predicted molar refractivity (Wildman–Crippen MR) is 86.6 cm³/mol. The minimum absolute atomic E-state index is 0.0181. The highest BCUT2D eigenvalue weighted by atomic mass is 32.1. The van der Waals surface area contributed by atoms with Gasteiger partial charge in [0.15, 0.2) is 5.13 Å². The van der Waals surface area contributed by atoms with Gasteiger partial charge in [-0.05, 0) is 24.3 Å². The summed E-state index contributed by atoms with van der Waals surface area (Å²) >= 11 is 1.32. The quantitative estimate of drug-likeness (QED) is 0.769. The van der Waals surface area contributed by atoms with E-state index in [-0.39, 0.29) is 6.54 Å². The molecule has 2 aromatic heterocycles. The molecule has 0 aliphatic rings. The summed E-state index contributed by atoms with van der Waals surface area (Å²) in [7, 11) is 0. The number of alkyl halides is 3. The van der Waals surface area contributed by atoms with Crippen molar-refractivity contribution in [1.82, 2.24) is 9.55 Å². The van der Waals surface area contributed by atoms with E-state index in [0.29, 0.717) is 10.8 Å². The molecule has 0 aliphatic heterocycles. The van der Waals surface area contributed by atoms with Crippen LogP contribution in [0.5, 0.6) is 0 Å². The van der Waals surface area contributed by atoms with E-state index in [1.54, 1.807) is 5.38 Å². The average molecular weight is 351 g/mol. The maximum Gasteiger partial charge on any atom is 0.421 e. The van der Waals surface area contributed by atoms with Crippen LogP contribution in [-0.2, 0) is 12.7 Å². The Morgan fingerprint density at radius 3 is 2.58 bits per heavy atom. The Morgan fingerprint density at radius 1 is 1.12 bits per heavy atom.